The van der Waals surface area contributed by atoms with Crippen molar-refractivity contribution in [1.82, 2.24) is 4.98 Å². The molecule has 0 amide bonds. The van der Waals surface area contributed by atoms with E-state index in [0.717, 1.165) is 0 Å². The van der Waals surface area contributed by atoms with E-state index in [1.54, 1.807) is 36.5 Å². The Morgan fingerprint density at radius 3 is 2.60 bits per heavy atom. The van der Waals surface area contributed by atoms with Gasteiger partial charge < -0.3 is 16.6 Å². The zero-order valence-electron chi connectivity index (χ0n) is 8.01. The van der Waals surface area contributed by atoms with Crippen molar-refractivity contribution < 1.29 is 5.11 Å². The summed E-state index contributed by atoms with van der Waals surface area (Å²) in [6.45, 7) is 0. The van der Waals surface area contributed by atoms with Crippen LogP contribution >= 0.6 is 0 Å². The number of nitrogens with two attached hydrogens (primary N) is 2. The minimum atomic E-state index is 0.0924. The number of benzene rings is 1. The van der Waals surface area contributed by atoms with Crippen LogP contribution in [-0.4, -0.2) is 10.1 Å². The van der Waals surface area contributed by atoms with Gasteiger partial charge in [0.15, 0.2) is 0 Å². The first-order valence-electron chi connectivity index (χ1n) is 4.48. The lowest BCUT2D eigenvalue weighted by Crippen LogP contribution is -1.97. The van der Waals surface area contributed by atoms with Gasteiger partial charge in [-0.2, -0.15) is 0 Å². The number of rotatable bonds is 1. The van der Waals surface area contributed by atoms with Crippen molar-refractivity contribution in [2.45, 2.75) is 0 Å². The van der Waals surface area contributed by atoms with E-state index in [9.17, 15) is 5.11 Å². The number of aromatic nitrogens is 1. The fourth-order valence-electron chi connectivity index (χ4n) is 1.39. The Labute approximate surface area is 87.2 Å². The Hall–Kier alpha value is -2.23. The van der Waals surface area contributed by atoms with E-state index in [0.29, 0.717) is 22.6 Å². The largest absolute Gasteiger partial charge is 0.506 e. The van der Waals surface area contributed by atoms with Gasteiger partial charge in [0, 0.05) is 11.8 Å². The molecule has 2 aromatic rings. The first-order chi connectivity index (χ1) is 7.20. The average Bonchev–Trinajstić information content (AvgIpc) is 2.23. The zero-order chi connectivity index (χ0) is 10.8. The van der Waals surface area contributed by atoms with Crippen molar-refractivity contribution in [2.75, 3.05) is 11.5 Å². The molecule has 76 valence electrons. The first-order valence-corrected chi connectivity index (χ1v) is 4.48. The highest BCUT2D eigenvalue weighted by Gasteiger charge is 2.09. The SMILES string of the molecule is Nc1cccc(-c2ncccc2O)c1N. The molecule has 1 aromatic heterocycles. The highest BCUT2D eigenvalue weighted by molar-refractivity contribution is 5.84. The summed E-state index contributed by atoms with van der Waals surface area (Å²) in [6.07, 6.45) is 1.59. The molecule has 0 saturated carbocycles. The molecule has 1 aromatic carbocycles. The molecule has 4 nitrogen and oxygen atoms in total. The Balaban J connectivity index is 2.65. The summed E-state index contributed by atoms with van der Waals surface area (Å²) in [5.74, 6) is 0.0924. The maximum Gasteiger partial charge on any atom is 0.141 e. The quantitative estimate of drug-likeness (QED) is 0.612. The molecule has 0 bridgehead atoms. The Morgan fingerprint density at radius 1 is 1.07 bits per heavy atom. The third kappa shape index (κ3) is 1.57. The molecule has 1 heterocycles. The van der Waals surface area contributed by atoms with E-state index in [4.69, 9.17) is 11.5 Å². The lowest BCUT2D eigenvalue weighted by Gasteiger charge is -2.08. The van der Waals surface area contributed by atoms with E-state index < -0.39 is 0 Å². The fourth-order valence-corrected chi connectivity index (χ4v) is 1.39. The lowest BCUT2D eigenvalue weighted by molar-refractivity contribution is 0.475. The molecule has 0 radical (unpaired) electrons. The number of nitrogen functional groups attached to an aromatic ring is 2. The Morgan fingerprint density at radius 2 is 1.87 bits per heavy atom. The zero-order valence-corrected chi connectivity index (χ0v) is 8.01. The van der Waals surface area contributed by atoms with Crippen LogP contribution in [0.15, 0.2) is 36.5 Å². The topological polar surface area (TPSA) is 85.2 Å². The molecule has 0 unspecified atom stereocenters. The maximum atomic E-state index is 9.62. The summed E-state index contributed by atoms with van der Waals surface area (Å²) in [7, 11) is 0. The summed E-state index contributed by atoms with van der Waals surface area (Å²) in [4.78, 5) is 4.06. The van der Waals surface area contributed by atoms with E-state index in [1.807, 2.05) is 0 Å². The molecule has 4 heteroatoms. The third-order valence-electron chi connectivity index (χ3n) is 2.18. The van der Waals surface area contributed by atoms with E-state index in [1.165, 1.54) is 0 Å². The summed E-state index contributed by atoms with van der Waals surface area (Å²) in [5.41, 5.74) is 13.5. The van der Waals surface area contributed by atoms with Crippen LogP contribution in [0.5, 0.6) is 5.75 Å². The van der Waals surface area contributed by atoms with Gasteiger partial charge in [0.1, 0.15) is 11.4 Å². The minimum absolute atomic E-state index is 0.0924. The van der Waals surface area contributed by atoms with E-state index >= 15 is 0 Å². The van der Waals surface area contributed by atoms with Crippen LogP contribution in [0.1, 0.15) is 0 Å². The van der Waals surface area contributed by atoms with Gasteiger partial charge in [0.05, 0.1) is 11.4 Å². The molecule has 0 saturated heterocycles. The number of anilines is 2. The van der Waals surface area contributed by atoms with Crippen molar-refractivity contribution in [3.8, 4) is 17.0 Å². The second-order valence-electron chi connectivity index (χ2n) is 3.18. The van der Waals surface area contributed by atoms with Crippen LogP contribution < -0.4 is 11.5 Å². The molecule has 0 fully saturated rings. The molecule has 15 heavy (non-hydrogen) atoms. The summed E-state index contributed by atoms with van der Waals surface area (Å²) >= 11 is 0. The number of hydrogen-bond donors (Lipinski definition) is 3. The van der Waals surface area contributed by atoms with Crippen LogP contribution in [0.4, 0.5) is 11.4 Å². The second-order valence-corrected chi connectivity index (χ2v) is 3.18. The number of aromatic hydroxyl groups is 1. The van der Waals surface area contributed by atoms with Gasteiger partial charge in [-0.15, -0.1) is 0 Å². The molecule has 0 aliphatic carbocycles. The lowest BCUT2D eigenvalue weighted by atomic mass is 10.1. The van der Waals surface area contributed by atoms with Gasteiger partial charge >= 0.3 is 0 Å². The molecule has 5 N–H and O–H groups in total. The van der Waals surface area contributed by atoms with Gasteiger partial charge in [0.2, 0.25) is 0 Å². The molecule has 0 atom stereocenters. The van der Waals surface area contributed by atoms with Crippen molar-refractivity contribution in [3.05, 3.63) is 36.5 Å². The number of nitrogens with zero attached hydrogens (tertiary/aromatic N) is 1. The van der Waals surface area contributed by atoms with Crippen LogP contribution in [0.3, 0.4) is 0 Å². The van der Waals surface area contributed by atoms with E-state index in [-0.39, 0.29) is 5.75 Å². The van der Waals surface area contributed by atoms with Gasteiger partial charge in [0.25, 0.3) is 0 Å². The average molecular weight is 201 g/mol. The molecule has 0 spiro atoms. The molecule has 0 aliphatic rings. The molecular weight excluding hydrogens is 190 g/mol. The summed E-state index contributed by atoms with van der Waals surface area (Å²) < 4.78 is 0. The monoisotopic (exact) mass is 201 g/mol. The van der Waals surface area contributed by atoms with Crippen molar-refractivity contribution in [3.63, 3.8) is 0 Å². The van der Waals surface area contributed by atoms with Crippen molar-refractivity contribution >= 4 is 11.4 Å². The van der Waals surface area contributed by atoms with Gasteiger partial charge in [-0.05, 0) is 18.2 Å². The van der Waals surface area contributed by atoms with Gasteiger partial charge in [-0.1, -0.05) is 12.1 Å². The van der Waals surface area contributed by atoms with Crippen LogP contribution in [0.25, 0.3) is 11.3 Å². The highest BCUT2D eigenvalue weighted by Crippen LogP contribution is 2.33. The van der Waals surface area contributed by atoms with Crippen molar-refractivity contribution in [2.24, 2.45) is 0 Å². The predicted octanol–water partition coefficient (Wildman–Crippen LogP) is 1.62. The smallest absolute Gasteiger partial charge is 0.141 e. The van der Waals surface area contributed by atoms with Crippen LogP contribution in [-0.2, 0) is 0 Å². The molecule has 2 rings (SSSR count). The number of pyridine rings is 1. The molecule has 0 aliphatic heterocycles. The first kappa shape index (κ1) is 9.33. The number of para-hydroxylation sites is 1. The van der Waals surface area contributed by atoms with Crippen LogP contribution in [0.2, 0.25) is 0 Å². The summed E-state index contributed by atoms with van der Waals surface area (Å²) in [5, 5.41) is 9.62. The van der Waals surface area contributed by atoms with Crippen LogP contribution in [0, 0.1) is 0 Å². The fraction of sp³-hybridized carbons (Fsp3) is 0. The standard InChI is InChI=1S/C11H11N3O/c12-8-4-1-3-7(10(8)13)11-9(15)5-2-6-14-11/h1-6,15H,12-13H2. The number of hydrogen-bond acceptors (Lipinski definition) is 4. The van der Waals surface area contributed by atoms with Gasteiger partial charge in [-0.25, -0.2) is 0 Å². The molecular formula is C11H11N3O. The third-order valence-corrected chi connectivity index (χ3v) is 2.18. The van der Waals surface area contributed by atoms with E-state index in [2.05, 4.69) is 4.98 Å². The maximum absolute atomic E-state index is 9.62. The summed E-state index contributed by atoms with van der Waals surface area (Å²) in [6, 6.07) is 8.47. The Bertz CT molecular complexity index is 497. The Kier molecular flexibility index (Phi) is 2.17. The minimum Gasteiger partial charge on any atom is -0.506 e. The normalized spacial score (nSPS) is 10.1. The van der Waals surface area contributed by atoms with Crippen molar-refractivity contribution in [1.29, 1.82) is 0 Å². The predicted molar refractivity (Wildman–Crippen MR) is 60.2 cm³/mol. The highest BCUT2D eigenvalue weighted by atomic mass is 16.3. The van der Waals surface area contributed by atoms with Gasteiger partial charge in [-0.3, -0.25) is 4.98 Å². The second kappa shape index (κ2) is 3.49.